The van der Waals surface area contributed by atoms with Crippen molar-refractivity contribution in [3.63, 3.8) is 0 Å². The first-order chi connectivity index (χ1) is 14.5. The minimum atomic E-state index is -0.552. The largest absolute Gasteiger partial charge is 0.350 e. The Morgan fingerprint density at radius 2 is 1.97 bits per heavy atom. The van der Waals surface area contributed by atoms with Gasteiger partial charge in [0.15, 0.2) is 0 Å². The number of nitro benzene ring substituents is 1. The topological polar surface area (TPSA) is 103 Å². The van der Waals surface area contributed by atoms with E-state index in [0.717, 1.165) is 36.9 Å². The average Bonchev–Trinajstić information content (AvgIpc) is 3.13. The Hall–Kier alpha value is -3.26. The summed E-state index contributed by atoms with van der Waals surface area (Å²) in [7, 11) is 0. The number of amides is 1. The van der Waals surface area contributed by atoms with Gasteiger partial charge in [-0.1, -0.05) is 11.6 Å². The third kappa shape index (κ3) is 4.04. The maximum absolute atomic E-state index is 12.5. The Labute approximate surface area is 178 Å². The van der Waals surface area contributed by atoms with Crippen molar-refractivity contribution in [2.24, 2.45) is 0 Å². The molecule has 3 aromatic rings. The van der Waals surface area contributed by atoms with Gasteiger partial charge in [-0.2, -0.15) is 5.10 Å². The first-order valence-electron chi connectivity index (χ1n) is 9.75. The Morgan fingerprint density at radius 3 is 2.73 bits per heavy atom. The van der Waals surface area contributed by atoms with Crippen LogP contribution < -0.4 is 5.32 Å². The van der Waals surface area contributed by atoms with Gasteiger partial charge >= 0.3 is 0 Å². The molecule has 1 aliphatic carbocycles. The summed E-state index contributed by atoms with van der Waals surface area (Å²) in [6, 6.07) is 7.73. The third-order valence-corrected chi connectivity index (χ3v) is 5.55. The van der Waals surface area contributed by atoms with Crippen molar-refractivity contribution in [2.45, 2.75) is 32.2 Å². The molecule has 154 valence electrons. The minimum Gasteiger partial charge on any atom is -0.350 e. The second kappa shape index (κ2) is 8.62. The van der Waals surface area contributed by atoms with Crippen LogP contribution in [-0.4, -0.2) is 32.1 Å². The summed E-state index contributed by atoms with van der Waals surface area (Å²) < 4.78 is 1.96. The maximum atomic E-state index is 12.5. The molecule has 0 atom stereocenters. The van der Waals surface area contributed by atoms with Gasteiger partial charge in [-0.3, -0.25) is 24.6 Å². The van der Waals surface area contributed by atoms with Gasteiger partial charge < -0.3 is 5.32 Å². The van der Waals surface area contributed by atoms with E-state index in [2.05, 4.69) is 10.3 Å². The molecule has 1 N–H and O–H groups in total. The summed E-state index contributed by atoms with van der Waals surface area (Å²) in [5, 5.41) is 18.7. The Kier molecular flexibility index (Phi) is 5.76. The molecule has 0 saturated heterocycles. The molecule has 0 bridgehead atoms. The molecule has 0 spiro atoms. The molecule has 4 rings (SSSR count). The molecular formula is C21H20ClN5O3. The minimum absolute atomic E-state index is 0.0887. The molecule has 1 amide bonds. The number of carbonyl (C=O) groups is 1. The van der Waals surface area contributed by atoms with Gasteiger partial charge in [-0.25, -0.2) is 0 Å². The molecule has 0 unspecified atom stereocenters. The van der Waals surface area contributed by atoms with E-state index in [9.17, 15) is 14.9 Å². The monoisotopic (exact) mass is 425 g/mol. The van der Waals surface area contributed by atoms with E-state index in [0.29, 0.717) is 13.1 Å². The van der Waals surface area contributed by atoms with Crippen molar-refractivity contribution in [1.82, 2.24) is 20.1 Å². The van der Waals surface area contributed by atoms with Crippen molar-refractivity contribution in [2.75, 3.05) is 6.54 Å². The number of pyridine rings is 1. The van der Waals surface area contributed by atoms with E-state index >= 15 is 0 Å². The fourth-order valence-corrected chi connectivity index (χ4v) is 3.97. The fraction of sp³-hybridized carbons (Fsp3) is 0.286. The van der Waals surface area contributed by atoms with E-state index < -0.39 is 10.8 Å². The summed E-state index contributed by atoms with van der Waals surface area (Å²) in [6.45, 7) is 0.841. The third-order valence-electron chi connectivity index (χ3n) is 5.23. The Morgan fingerprint density at radius 1 is 1.20 bits per heavy atom. The smallest absolute Gasteiger partial charge is 0.270 e. The van der Waals surface area contributed by atoms with Crippen LogP contribution in [0.4, 0.5) is 5.69 Å². The van der Waals surface area contributed by atoms with E-state index in [1.54, 1.807) is 12.4 Å². The highest BCUT2D eigenvalue weighted by molar-refractivity contribution is 6.33. The van der Waals surface area contributed by atoms with Crippen LogP contribution in [0, 0.1) is 10.1 Å². The lowest BCUT2D eigenvalue weighted by molar-refractivity contribution is -0.384. The van der Waals surface area contributed by atoms with E-state index in [1.165, 1.54) is 29.5 Å². The number of fused-ring (bicyclic) bond motifs is 1. The molecule has 1 aromatic carbocycles. The quantitative estimate of drug-likeness (QED) is 0.477. The van der Waals surface area contributed by atoms with Gasteiger partial charge in [-0.05, 0) is 43.9 Å². The Bertz CT molecular complexity index is 1100. The first-order valence-corrected chi connectivity index (χ1v) is 10.1. The lowest BCUT2D eigenvalue weighted by Crippen LogP contribution is -2.28. The normalized spacial score (nSPS) is 13.0. The lowest BCUT2D eigenvalue weighted by Gasteiger charge is -2.14. The number of hydrogen-bond acceptors (Lipinski definition) is 5. The predicted octanol–water partition coefficient (Wildman–Crippen LogP) is 3.82. The number of nitro groups is 1. The summed E-state index contributed by atoms with van der Waals surface area (Å²) in [5.74, 6) is -0.445. The zero-order valence-corrected chi connectivity index (χ0v) is 16.9. The molecule has 8 nitrogen and oxygen atoms in total. The standard InChI is InChI=1S/C21H20ClN5O3/c22-18-6-5-15(27(29)30)13-17(18)21(28)24-11-12-26-19-4-2-1-3-16(19)20(25-26)14-7-9-23-10-8-14/h5-10,13H,1-4,11-12H2,(H,24,28). The van der Waals surface area contributed by atoms with Crippen molar-refractivity contribution in [3.8, 4) is 11.3 Å². The summed E-state index contributed by atoms with van der Waals surface area (Å²) in [4.78, 5) is 27.0. The van der Waals surface area contributed by atoms with Crippen LogP contribution in [0.15, 0.2) is 42.7 Å². The lowest BCUT2D eigenvalue weighted by atomic mass is 9.94. The van der Waals surface area contributed by atoms with Crippen molar-refractivity contribution in [3.05, 3.63) is 74.7 Å². The van der Waals surface area contributed by atoms with Crippen LogP contribution in [0.5, 0.6) is 0 Å². The number of nitrogens with one attached hydrogen (secondary N) is 1. The van der Waals surface area contributed by atoms with Gasteiger partial charge in [0.2, 0.25) is 0 Å². The molecule has 0 fully saturated rings. The molecular weight excluding hydrogens is 406 g/mol. The number of rotatable bonds is 6. The molecule has 0 saturated carbocycles. The molecule has 30 heavy (non-hydrogen) atoms. The van der Waals surface area contributed by atoms with E-state index in [1.807, 2.05) is 16.8 Å². The Balaban J connectivity index is 1.50. The van der Waals surface area contributed by atoms with Gasteiger partial charge in [0, 0.05) is 47.9 Å². The number of non-ortho nitro benzene ring substituents is 1. The highest BCUT2D eigenvalue weighted by Crippen LogP contribution is 2.31. The zero-order valence-electron chi connectivity index (χ0n) is 16.2. The van der Waals surface area contributed by atoms with Crippen LogP contribution in [-0.2, 0) is 19.4 Å². The molecule has 0 radical (unpaired) electrons. The SMILES string of the molecule is O=C(NCCn1nc(-c2ccncc2)c2c1CCCC2)c1cc([N+](=O)[O-])ccc1Cl. The van der Waals surface area contributed by atoms with E-state index in [4.69, 9.17) is 16.7 Å². The average molecular weight is 426 g/mol. The second-order valence-corrected chi connectivity index (χ2v) is 7.52. The second-order valence-electron chi connectivity index (χ2n) is 7.12. The number of benzene rings is 1. The summed E-state index contributed by atoms with van der Waals surface area (Å²) >= 11 is 6.05. The molecule has 1 aliphatic rings. The van der Waals surface area contributed by atoms with Crippen LogP contribution in [0.1, 0.15) is 34.5 Å². The fourth-order valence-electron chi connectivity index (χ4n) is 3.77. The van der Waals surface area contributed by atoms with Gasteiger partial charge in [-0.15, -0.1) is 0 Å². The molecule has 2 heterocycles. The van der Waals surface area contributed by atoms with Crippen LogP contribution in [0.2, 0.25) is 5.02 Å². The van der Waals surface area contributed by atoms with Gasteiger partial charge in [0.05, 0.1) is 27.7 Å². The molecule has 2 aromatic heterocycles. The number of hydrogen-bond donors (Lipinski definition) is 1. The van der Waals surface area contributed by atoms with Gasteiger partial charge in [0.25, 0.3) is 11.6 Å². The van der Waals surface area contributed by atoms with Crippen LogP contribution in [0.25, 0.3) is 11.3 Å². The number of nitrogens with zero attached hydrogens (tertiary/aromatic N) is 4. The van der Waals surface area contributed by atoms with Crippen LogP contribution >= 0.6 is 11.6 Å². The van der Waals surface area contributed by atoms with Gasteiger partial charge in [0.1, 0.15) is 0 Å². The predicted molar refractivity (Wildman–Crippen MR) is 113 cm³/mol. The summed E-state index contributed by atoms with van der Waals surface area (Å²) in [5.41, 5.74) is 4.39. The van der Waals surface area contributed by atoms with Crippen LogP contribution in [0.3, 0.4) is 0 Å². The highest BCUT2D eigenvalue weighted by atomic mass is 35.5. The summed E-state index contributed by atoms with van der Waals surface area (Å²) in [6.07, 6.45) is 7.71. The number of halogens is 1. The van der Waals surface area contributed by atoms with Crippen molar-refractivity contribution >= 4 is 23.2 Å². The van der Waals surface area contributed by atoms with Crippen molar-refractivity contribution < 1.29 is 9.72 Å². The highest BCUT2D eigenvalue weighted by Gasteiger charge is 2.22. The maximum Gasteiger partial charge on any atom is 0.270 e. The molecule has 9 heteroatoms. The first kappa shape index (κ1) is 20.0. The number of aromatic nitrogens is 3. The zero-order chi connectivity index (χ0) is 21.1. The van der Waals surface area contributed by atoms with Crippen molar-refractivity contribution in [1.29, 1.82) is 0 Å². The van der Waals surface area contributed by atoms with E-state index in [-0.39, 0.29) is 16.3 Å². The number of carbonyl (C=O) groups excluding carboxylic acids is 1. The molecule has 0 aliphatic heterocycles.